The highest BCUT2D eigenvalue weighted by molar-refractivity contribution is 5.96. The summed E-state index contributed by atoms with van der Waals surface area (Å²) >= 11 is 0. The average molecular weight is 620 g/mol. The van der Waals surface area contributed by atoms with Crippen LogP contribution in [0.15, 0.2) is 58.5 Å². The fourth-order valence-electron chi connectivity index (χ4n) is 4.80. The number of ether oxygens (including phenoxy) is 6. The number of carbonyl (C=O) groups excluding carboxylic acids is 1. The normalized spacial score (nSPS) is 13.3. The van der Waals surface area contributed by atoms with Crippen molar-refractivity contribution in [1.82, 2.24) is 15.9 Å². The number of nitrogens with one attached hydrogen (secondary N) is 2. The van der Waals surface area contributed by atoms with E-state index >= 15 is 0 Å². The Morgan fingerprint density at radius 1 is 0.889 bits per heavy atom. The number of hydrazine groups is 2. The van der Waals surface area contributed by atoms with Gasteiger partial charge in [-0.3, -0.25) is 10.2 Å². The van der Waals surface area contributed by atoms with Crippen LogP contribution in [0, 0.1) is 0 Å². The molecule has 6 N–H and O–H groups in total. The van der Waals surface area contributed by atoms with E-state index in [0.717, 1.165) is 10.4 Å². The summed E-state index contributed by atoms with van der Waals surface area (Å²) in [5.74, 6) is 8.18. The Balaban J connectivity index is 1.76. The lowest BCUT2D eigenvalue weighted by molar-refractivity contribution is -0.131. The standard InChI is InChI=1S/C31H37N7O7/c1-40-23-12-18(13-24(41-2)27(23)44-5)11-22(30(39)38-29(37-33)21-10-8-7-9-20(21)17-35-38)36-31(32)34-16-19-14-25(42-3)28(45-6)26(15-19)43-4/h7-10,12-17,22,35,37H,11,33H2,1-6H3,(H2,32,36). The molecule has 0 saturated carbocycles. The molecule has 1 atom stereocenters. The summed E-state index contributed by atoms with van der Waals surface area (Å²) in [5, 5.41) is 2.84. The van der Waals surface area contributed by atoms with Gasteiger partial charge in [-0.15, -0.1) is 0 Å². The van der Waals surface area contributed by atoms with Gasteiger partial charge in [-0.1, -0.05) is 24.3 Å². The minimum atomic E-state index is -1.07. The van der Waals surface area contributed by atoms with Crippen LogP contribution in [0.3, 0.4) is 0 Å². The summed E-state index contributed by atoms with van der Waals surface area (Å²) in [6, 6.07) is 13.3. The molecule has 4 rings (SSSR count). The zero-order valence-corrected chi connectivity index (χ0v) is 25.9. The summed E-state index contributed by atoms with van der Waals surface area (Å²) in [6.45, 7) is 0. The molecule has 3 aromatic carbocycles. The molecular weight excluding hydrogens is 582 g/mol. The highest BCUT2D eigenvalue weighted by Gasteiger charge is 2.29. The molecule has 1 unspecified atom stereocenters. The van der Waals surface area contributed by atoms with Crippen LogP contribution in [0.1, 0.15) is 11.1 Å². The van der Waals surface area contributed by atoms with Crippen molar-refractivity contribution in [2.24, 2.45) is 21.6 Å². The number of benzene rings is 3. The number of hydrogen-bond acceptors (Lipinski definition) is 11. The molecule has 238 valence electrons. The molecule has 14 heteroatoms. The number of amides is 1. The van der Waals surface area contributed by atoms with E-state index < -0.39 is 11.9 Å². The van der Waals surface area contributed by atoms with E-state index in [1.807, 2.05) is 24.3 Å². The van der Waals surface area contributed by atoms with Crippen molar-refractivity contribution in [2.75, 3.05) is 42.7 Å². The van der Waals surface area contributed by atoms with Crippen LogP contribution in [0.5, 0.6) is 34.5 Å². The summed E-state index contributed by atoms with van der Waals surface area (Å²) < 4.78 is 32.7. The van der Waals surface area contributed by atoms with Gasteiger partial charge in [0.15, 0.2) is 28.8 Å². The Hall–Kier alpha value is -5.63. The molecule has 0 radical (unpaired) electrons. The van der Waals surface area contributed by atoms with Crippen molar-refractivity contribution in [1.29, 1.82) is 0 Å². The van der Waals surface area contributed by atoms with Gasteiger partial charge < -0.3 is 39.6 Å². The van der Waals surface area contributed by atoms with Crippen LogP contribution in [-0.2, 0) is 11.2 Å². The van der Waals surface area contributed by atoms with Gasteiger partial charge in [0.2, 0.25) is 17.5 Å². The van der Waals surface area contributed by atoms with Gasteiger partial charge in [-0.05, 0) is 29.8 Å². The smallest absolute Gasteiger partial charge is 0.272 e. The molecule has 0 fully saturated rings. The third-order valence-corrected chi connectivity index (χ3v) is 6.91. The van der Waals surface area contributed by atoms with Crippen molar-refractivity contribution in [3.05, 3.63) is 70.1 Å². The van der Waals surface area contributed by atoms with E-state index in [-0.39, 0.29) is 12.4 Å². The molecule has 0 aromatic heterocycles. The highest BCUT2D eigenvalue weighted by Crippen LogP contribution is 2.39. The van der Waals surface area contributed by atoms with E-state index in [0.29, 0.717) is 51.4 Å². The second kappa shape index (κ2) is 14.7. The second-order valence-corrected chi connectivity index (χ2v) is 9.48. The van der Waals surface area contributed by atoms with Gasteiger partial charge in [-0.2, -0.15) is 0 Å². The lowest BCUT2D eigenvalue weighted by Crippen LogP contribution is -2.56. The Morgan fingerprint density at radius 2 is 1.44 bits per heavy atom. The molecule has 0 bridgehead atoms. The topological polar surface area (TPSA) is 177 Å². The molecule has 14 nitrogen and oxygen atoms in total. The Labute approximate surface area is 260 Å². The van der Waals surface area contributed by atoms with E-state index in [9.17, 15) is 4.79 Å². The highest BCUT2D eigenvalue weighted by atomic mass is 16.5. The first kappa shape index (κ1) is 32.3. The zero-order valence-electron chi connectivity index (χ0n) is 25.9. The van der Waals surface area contributed by atoms with Crippen LogP contribution in [-0.4, -0.2) is 71.8 Å². The van der Waals surface area contributed by atoms with Crippen LogP contribution in [0.25, 0.3) is 12.0 Å². The number of hydrogen-bond donors (Lipinski definition) is 4. The fraction of sp³-hybridized carbons (Fsp3) is 0.258. The molecule has 0 saturated heterocycles. The maximum atomic E-state index is 14.1. The number of rotatable bonds is 12. The zero-order chi connectivity index (χ0) is 32.5. The third kappa shape index (κ3) is 6.96. The molecule has 3 aromatic rings. The molecule has 0 aliphatic carbocycles. The number of guanidine groups is 1. The molecule has 1 aliphatic heterocycles. The van der Waals surface area contributed by atoms with Gasteiger partial charge in [0, 0.05) is 34.8 Å². The predicted octanol–water partition coefficient (Wildman–Crippen LogP) is 0.397. The van der Waals surface area contributed by atoms with Crippen molar-refractivity contribution in [2.45, 2.75) is 12.5 Å². The van der Waals surface area contributed by atoms with Crippen molar-refractivity contribution >= 4 is 30.1 Å². The third-order valence-electron chi connectivity index (χ3n) is 6.91. The second-order valence-electron chi connectivity index (χ2n) is 9.48. The molecule has 1 heterocycles. The Bertz CT molecular complexity index is 1680. The van der Waals surface area contributed by atoms with E-state index in [4.69, 9.17) is 40.0 Å². The van der Waals surface area contributed by atoms with Crippen LogP contribution in [0.4, 0.5) is 0 Å². The van der Waals surface area contributed by atoms with Gasteiger partial charge >= 0.3 is 0 Å². The average Bonchev–Trinajstić information content (AvgIpc) is 3.08. The van der Waals surface area contributed by atoms with Gasteiger partial charge in [0.1, 0.15) is 6.04 Å². The number of aliphatic imine (C=N–C) groups is 2. The van der Waals surface area contributed by atoms with E-state index in [1.165, 1.54) is 53.9 Å². The minimum absolute atomic E-state index is 0.0909. The maximum absolute atomic E-state index is 14.1. The lowest BCUT2D eigenvalue weighted by Gasteiger charge is -2.29. The fourth-order valence-corrected chi connectivity index (χ4v) is 4.80. The summed E-state index contributed by atoms with van der Waals surface area (Å²) in [4.78, 5) is 23.0. The number of nitrogens with two attached hydrogens (primary N) is 2. The van der Waals surface area contributed by atoms with Crippen LogP contribution < -0.4 is 61.3 Å². The largest absolute Gasteiger partial charge is 0.493 e. The minimum Gasteiger partial charge on any atom is -0.493 e. The van der Waals surface area contributed by atoms with E-state index in [2.05, 4.69) is 20.8 Å². The first-order valence-electron chi connectivity index (χ1n) is 13.6. The molecule has 0 spiro atoms. The molecular formula is C31H37N7O7. The Kier molecular flexibility index (Phi) is 10.5. The lowest BCUT2D eigenvalue weighted by atomic mass is 10.0. The monoisotopic (exact) mass is 619 g/mol. The number of fused-ring (bicyclic) bond motifs is 1. The molecule has 1 aliphatic rings. The van der Waals surface area contributed by atoms with Crippen molar-refractivity contribution in [3.8, 4) is 34.5 Å². The Morgan fingerprint density at radius 3 is 1.98 bits per heavy atom. The summed E-state index contributed by atoms with van der Waals surface area (Å²) in [7, 11) is 9.07. The first-order valence-corrected chi connectivity index (χ1v) is 13.6. The van der Waals surface area contributed by atoms with Crippen molar-refractivity contribution in [3.63, 3.8) is 0 Å². The summed E-state index contributed by atoms with van der Waals surface area (Å²) in [6.07, 6.45) is 3.26. The van der Waals surface area contributed by atoms with Crippen LogP contribution >= 0.6 is 0 Å². The summed E-state index contributed by atoms with van der Waals surface area (Å²) in [5.41, 5.74) is 13.2. The number of methoxy groups -OCH3 is 6. The SMILES string of the molecule is COc1cc(C=NC(N)=NC(Cc2cc(OC)c(OC)c(OC)c2)C(=O)N2NC=c3ccccc3=C2NN)cc(OC)c1OC. The number of nitrogens with zero attached hydrogens (tertiary/aromatic N) is 3. The van der Waals surface area contributed by atoms with Crippen LogP contribution in [0.2, 0.25) is 0 Å². The number of carbonyl (C=O) groups is 1. The maximum Gasteiger partial charge on any atom is 0.272 e. The first-order chi connectivity index (χ1) is 21.8. The molecule has 1 amide bonds. The van der Waals surface area contributed by atoms with Gasteiger partial charge in [-0.25, -0.2) is 20.8 Å². The van der Waals surface area contributed by atoms with Crippen molar-refractivity contribution < 1.29 is 33.2 Å². The van der Waals surface area contributed by atoms with E-state index in [1.54, 1.807) is 30.5 Å². The molecule has 45 heavy (non-hydrogen) atoms. The quantitative estimate of drug-likeness (QED) is 0.0955. The van der Waals surface area contributed by atoms with Gasteiger partial charge in [0.05, 0.1) is 42.7 Å². The predicted molar refractivity (Wildman–Crippen MR) is 170 cm³/mol. The van der Waals surface area contributed by atoms with Gasteiger partial charge in [0.25, 0.3) is 5.91 Å².